The second kappa shape index (κ2) is 7.83. The Morgan fingerprint density at radius 2 is 1.85 bits per heavy atom. The van der Waals surface area contributed by atoms with Gasteiger partial charge in [0.05, 0.1) is 5.52 Å². The van der Waals surface area contributed by atoms with Crippen LogP contribution < -0.4 is 0 Å². The number of benzene rings is 1. The second-order valence-corrected chi connectivity index (χ2v) is 5.47. The highest BCUT2D eigenvalue weighted by molar-refractivity contribution is 5.73. The molecule has 1 aromatic heterocycles. The lowest BCUT2D eigenvalue weighted by molar-refractivity contribution is 0.549. The molecule has 0 amide bonds. The van der Waals surface area contributed by atoms with Crippen LogP contribution in [0.5, 0.6) is 0 Å². The first-order valence-corrected chi connectivity index (χ1v) is 7.76. The molecule has 20 heavy (non-hydrogen) atoms. The number of allylic oxidation sites excluding steroid dienone is 1. The molecule has 3 nitrogen and oxygen atoms in total. The number of hydrogen-bond acceptors (Lipinski definition) is 2. The minimum atomic E-state index is 0.947. The zero-order valence-electron chi connectivity index (χ0n) is 12.5. The van der Waals surface area contributed by atoms with E-state index in [0.29, 0.717) is 0 Å². The number of unbranched alkanes of at least 4 members (excludes halogenated alkanes) is 3. The molecule has 1 heterocycles. The van der Waals surface area contributed by atoms with E-state index < -0.39 is 0 Å². The molecule has 0 saturated heterocycles. The van der Waals surface area contributed by atoms with Gasteiger partial charge in [0.1, 0.15) is 5.52 Å². The molecule has 2 aromatic rings. The summed E-state index contributed by atoms with van der Waals surface area (Å²) in [5.41, 5.74) is 3.52. The molecular formula is C17H25N3. The normalized spacial score (nSPS) is 11.1. The van der Waals surface area contributed by atoms with Crippen LogP contribution in [0.25, 0.3) is 11.0 Å². The Hall–Kier alpha value is -1.64. The highest BCUT2D eigenvalue weighted by Crippen LogP contribution is 2.15. The predicted molar refractivity (Wildman–Crippen MR) is 84.7 cm³/mol. The van der Waals surface area contributed by atoms with Crippen LogP contribution in [0.15, 0.2) is 36.4 Å². The van der Waals surface area contributed by atoms with Gasteiger partial charge in [-0.1, -0.05) is 49.3 Å². The molecule has 0 radical (unpaired) electrons. The zero-order chi connectivity index (χ0) is 14.2. The van der Waals surface area contributed by atoms with Crippen molar-refractivity contribution in [2.45, 2.75) is 58.4 Å². The van der Waals surface area contributed by atoms with Gasteiger partial charge in [-0.3, -0.25) is 0 Å². The van der Waals surface area contributed by atoms with Gasteiger partial charge >= 0.3 is 0 Å². The number of aromatic nitrogens is 3. The molecule has 1 aromatic carbocycles. The average Bonchev–Trinajstić information content (AvgIpc) is 2.87. The molecule has 0 fully saturated rings. The van der Waals surface area contributed by atoms with E-state index >= 15 is 0 Å². The van der Waals surface area contributed by atoms with Crippen molar-refractivity contribution in [3.8, 4) is 0 Å². The molecule has 0 aliphatic rings. The summed E-state index contributed by atoms with van der Waals surface area (Å²) in [6.07, 6.45) is 8.58. The van der Waals surface area contributed by atoms with E-state index in [2.05, 4.69) is 29.9 Å². The Balaban J connectivity index is 1.70. The molecule has 0 N–H and O–H groups in total. The van der Waals surface area contributed by atoms with Crippen LogP contribution in [0.3, 0.4) is 0 Å². The average molecular weight is 271 g/mol. The van der Waals surface area contributed by atoms with Crippen molar-refractivity contribution < 1.29 is 0 Å². The molecule has 0 saturated carbocycles. The fourth-order valence-electron chi connectivity index (χ4n) is 2.47. The summed E-state index contributed by atoms with van der Waals surface area (Å²) >= 11 is 0. The van der Waals surface area contributed by atoms with Gasteiger partial charge in [-0.2, -0.15) is 0 Å². The highest BCUT2D eigenvalue weighted by Gasteiger charge is 2.02. The van der Waals surface area contributed by atoms with E-state index in [0.717, 1.165) is 30.4 Å². The quantitative estimate of drug-likeness (QED) is 0.487. The van der Waals surface area contributed by atoms with Crippen LogP contribution in [-0.4, -0.2) is 15.0 Å². The van der Waals surface area contributed by atoms with Gasteiger partial charge in [0.25, 0.3) is 0 Å². The molecule has 0 aliphatic carbocycles. The maximum absolute atomic E-state index is 4.22. The molecular weight excluding hydrogens is 246 g/mol. The van der Waals surface area contributed by atoms with Crippen LogP contribution in [0.1, 0.15) is 51.9 Å². The lowest BCUT2D eigenvalue weighted by Crippen LogP contribution is -2.00. The Labute approximate surface area is 121 Å². The van der Waals surface area contributed by atoms with Crippen LogP contribution in [0, 0.1) is 0 Å². The second-order valence-electron chi connectivity index (χ2n) is 5.47. The van der Waals surface area contributed by atoms with Crippen molar-refractivity contribution in [3.05, 3.63) is 36.4 Å². The van der Waals surface area contributed by atoms with E-state index in [1.807, 2.05) is 22.9 Å². The minimum absolute atomic E-state index is 0.947. The summed E-state index contributed by atoms with van der Waals surface area (Å²) in [7, 11) is 0. The summed E-state index contributed by atoms with van der Waals surface area (Å²) in [5.74, 6) is 0. The summed E-state index contributed by atoms with van der Waals surface area (Å²) in [6, 6.07) is 8.13. The molecule has 3 heteroatoms. The van der Waals surface area contributed by atoms with Gasteiger partial charge in [-0.25, -0.2) is 4.68 Å². The summed E-state index contributed by atoms with van der Waals surface area (Å²) in [5, 5.41) is 8.39. The first kappa shape index (κ1) is 14.8. The van der Waals surface area contributed by atoms with Crippen LogP contribution in [-0.2, 0) is 6.54 Å². The highest BCUT2D eigenvalue weighted by atomic mass is 15.4. The van der Waals surface area contributed by atoms with Gasteiger partial charge in [-0.15, -0.1) is 5.10 Å². The van der Waals surface area contributed by atoms with Crippen molar-refractivity contribution in [2.24, 2.45) is 0 Å². The predicted octanol–water partition coefficient (Wildman–Crippen LogP) is 4.74. The standard InChI is InChI=1S/C17H25N3/c1-3-4-5-10-15(2)11-8-9-14-20-17-13-7-6-12-16(17)18-19-20/h6-7,12-13H,2-5,8-11,14H2,1H3. The molecule has 0 atom stereocenters. The maximum atomic E-state index is 4.22. The van der Waals surface area contributed by atoms with Crippen molar-refractivity contribution in [3.63, 3.8) is 0 Å². The van der Waals surface area contributed by atoms with Crippen LogP contribution >= 0.6 is 0 Å². The SMILES string of the molecule is C=C(CCCCC)CCCCn1nnc2ccccc21. The number of nitrogens with zero attached hydrogens (tertiary/aromatic N) is 3. The van der Waals surface area contributed by atoms with Gasteiger partial charge in [0.15, 0.2) is 0 Å². The smallest absolute Gasteiger partial charge is 0.113 e. The van der Waals surface area contributed by atoms with Crippen molar-refractivity contribution in [1.29, 1.82) is 0 Å². The van der Waals surface area contributed by atoms with Crippen LogP contribution in [0.2, 0.25) is 0 Å². The molecule has 108 valence electrons. The van der Waals surface area contributed by atoms with Gasteiger partial charge < -0.3 is 0 Å². The molecule has 0 unspecified atom stereocenters. The molecule has 0 spiro atoms. The summed E-state index contributed by atoms with van der Waals surface area (Å²) < 4.78 is 2.01. The fourth-order valence-corrected chi connectivity index (χ4v) is 2.47. The lowest BCUT2D eigenvalue weighted by Gasteiger charge is -2.06. The third-order valence-corrected chi connectivity index (χ3v) is 3.70. The van der Waals surface area contributed by atoms with E-state index in [1.165, 1.54) is 37.7 Å². The van der Waals surface area contributed by atoms with E-state index in [1.54, 1.807) is 0 Å². The molecule has 2 rings (SSSR count). The summed E-state index contributed by atoms with van der Waals surface area (Å²) in [6.45, 7) is 7.36. The lowest BCUT2D eigenvalue weighted by atomic mass is 10.0. The number of fused-ring (bicyclic) bond motifs is 1. The monoisotopic (exact) mass is 271 g/mol. The Morgan fingerprint density at radius 3 is 2.65 bits per heavy atom. The van der Waals surface area contributed by atoms with Crippen molar-refractivity contribution in [2.75, 3.05) is 0 Å². The minimum Gasteiger partial charge on any atom is -0.245 e. The van der Waals surface area contributed by atoms with Gasteiger partial charge in [0, 0.05) is 6.54 Å². The number of aryl methyl sites for hydroxylation is 1. The van der Waals surface area contributed by atoms with Crippen LogP contribution in [0.4, 0.5) is 0 Å². The number of hydrogen-bond donors (Lipinski definition) is 0. The number of rotatable bonds is 9. The maximum Gasteiger partial charge on any atom is 0.113 e. The summed E-state index contributed by atoms with van der Waals surface area (Å²) in [4.78, 5) is 0. The van der Waals surface area contributed by atoms with Gasteiger partial charge in [0.2, 0.25) is 0 Å². The Kier molecular flexibility index (Phi) is 5.78. The first-order valence-electron chi connectivity index (χ1n) is 7.76. The van der Waals surface area contributed by atoms with Crippen molar-refractivity contribution in [1.82, 2.24) is 15.0 Å². The Morgan fingerprint density at radius 1 is 1.10 bits per heavy atom. The largest absolute Gasteiger partial charge is 0.245 e. The fraction of sp³-hybridized carbons (Fsp3) is 0.529. The van der Waals surface area contributed by atoms with E-state index in [9.17, 15) is 0 Å². The molecule has 0 bridgehead atoms. The number of para-hydroxylation sites is 1. The van der Waals surface area contributed by atoms with Crippen molar-refractivity contribution >= 4 is 11.0 Å². The molecule has 0 aliphatic heterocycles. The first-order chi connectivity index (χ1) is 9.81. The zero-order valence-corrected chi connectivity index (χ0v) is 12.5. The topological polar surface area (TPSA) is 30.7 Å². The van der Waals surface area contributed by atoms with E-state index in [-0.39, 0.29) is 0 Å². The third-order valence-electron chi connectivity index (χ3n) is 3.70. The third kappa shape index (κ3) is 4.19. The van der Waals surface area contributed by atoms with E-state index in [4.69, 9.17) is 0 Å². The Bertz CT molecular complexity index is 542. The van der Waals surface area contributed by atoms with Gasteiger partial charge in [-0.05, 0) is 44.2 Å².